The Morgan fingerprint density at radius 2 is 2.05 bits per heavy atom. The third-order valence-corrected chi connectivity index (χ3v) is 4.17. The van der Waals surface area contributed by atoms with Gasteiger partial charge in [0.1, 0.15) is 5.82 Å². The van der Waals surface area contributed by atoms with E-state index >= 15 is 0 Å². The van der Waals surface area contributed by atoms with E-state index in [-0.39, 0.29) is 11.7 Å². The molecule has 0 aromatic heterocycles. The van der Waals surface area contributed by atoms with E-state index in [1.165, 1.54) is 17.8 Å². The summed E-state index contributed by atoms with van der Waals surface area (Å²) in [6.07, 6.45) is 0.321. The highest BCUT2D eigenvalue weighted by atomic mass is 35.5. The van der Waals surface area contributed by atoms with Crippen molar-refractivity contribution in [2.45, 2.75) is 18.2 Å². The number of carbonyl (C=O) groups is 1. The Hall–Kier alpha value is -1.52. The molecule has 2 rings (SSSR count). The lowest BCUT2D eigenvalue weighted by molar-refractivity contribution is -0.115. The summed E-state index contributed by atoms with van der Waals surface area (Å²) in [4.78, 5) is 12.4. The van der Waals surface area contributed by atoms with Crippen LogP contribution in [0.15, 0.2) is 47.4 Å². The first-order chi connectivity index (χ1) is 10.1. The lowest BCUT2D eigenvalue weighted by Crippen LogP contribution is -2.13. The summed E-state index contributed by atoms with van der Waals surface area (Å²) in [5.74, 6) is 0.181. The van der Waals surface area contributed by atoms with Gasteiger partial charge in [-0.3, -0.25) is 4.79 Å². The van der Waals surface area contributed by atoms with Crippen molar-refractivity contribution in [3.63, 3.8) is 0 Å². The summed E-state index contributed by atoms with van der Waals surface area (Å²) >= 11 is 7.20. The lowest BCUT2D eigenvalue weighted by atomic mass is 10.2. The molecular formula is C16H15ClFNOS. The van der Waals surface area contributed by atoms with Crippen LogP contribution in [0, 0.1) is 12.7 Å². The summed E-state index contributed by atoms with van der Waals surface area (Å²) in [6.45, 7) is 1.88. The van der Waals surface area contributed by atoms with E-state index in [9.17, 15) is 9.18 Å². The van der Waals surface area contributed by atoms with Gasteiger partial charge >= 0.3 is 0 Å². The molecule has 0 bridgehead atoms. The molecule has 0 spiro atoms. The highest BCUT2D eigenvalue weighted by Gasteiger charge is 2.07. The van der Waals surface area contributed by atoms with Crippen LogP contribution in [0.1, 0.15) is 12.0 Å². The molecule has 0 aliphatic rings. The minimum absolute atomic E-state index is 0.0933. The number of hydrogen-bond donors (Lipinski definition) is 1. The molecule has 5 heteroatoms. The van der Waals surface area contributed by atoms with Crippen LogP contribution in [0.3, 0.4) is 0 Å². The topological polar surface area (TPSA) is 29.1 Å². The molecule has 0 saturated carbocycles. The van der Waals surface area contributed by atoms with Crippen LogP contribution in [0.4, 0.5) is 10.1 Å². The van der Waals surface area contributed by atoms with Crippen LogP contribution in [0.2, 0.25) is 5.02 Å². The third-order valence-electron chi connectivity index (χ3n) is 2.89. The molecule has 1 N–H and O–H groups in total. The van der Waals surface area contributed by atoms with Gasteiger partial charge in [0, 0.05) is 27.8 Å². The van der Waals surface area contributed by atoms with Crippen molar-refractivity contribution in [1.29, 1.82) is 0 Å². The Morgan fingerprint density at radius 1 is 1.29 bits per heavy atom. The fourth-order valence-electron chi connectivity index (χ4n) is 1.80. The number of anilines is 1. The number of aryl methyl sites for hydroxylation is 1. The fraction of sp³-hybridized carbons (Fsp3) is 0.188. The van der Waals surface area contributed by atoms with E-state index in [1.54, 1.807) is 36.4 Å². The standard InChI is InChI=1S/C16H15ClFNOS/c1-11-10-12(17)6-7-14(11)19-16(20)8-9-21-15-5-3-2-4-13(15)18/h2-7,10H,8-9H2,1H3,(H,19,20). The molecule has 0 fully saturated rings. The first-order valence-corrected chi connectivity index (χ1v) is 7.86. The Morgan fingerprint density at radius 3 is 2.76 bits per heavy atom. The average Bonchev–Trinajstić information content (AvgIpc) is 2.44. The van der Waals surface area contributed by atoms with E-state index < -0.39 is 0 Å². The van der Waals surface area contributed by atoms with Crippen molar-refractivity contribution >= 4 is 35.0 Å². The van der Waals surface area contributed by atoms with E-state index in [0.29, 0.717) is 22.1 Å². The summed E-state index contributed by atoms with van der Waals surface area (Å²) in [7, 11) is 0. The normalized spacial score (nSPS) is 10.4. The minimum Gasteiger partial charge on any atom is -0.326 e. The number of rotatable bonds is 5. The minimum atomic E-state index is -0.253. The fourth-order valence-corrected chi connectivity index (χ4v) is 2.91. The molecule has 2 aromatic carbocycles. The highest BCUT2D eigenvalue weighted by molar-refractivity contribution is 7.99. The first kappa shape index (κ1) is 15.9. The van der Waals surface area contributed by atoms with Crippen molar-refractivity contribution in [3.8, 4) is 0 Å². The quantitative estimate of drug-likeness (QED) is 0.792. The van der Waals surface area contributed by atoms with Crippen molar-refractivity contribution in [1.82, 2.24) is 0 Å². The van der Waals surface area contributed by atoms with Gasteiger partial charge in [-0.05, 0) is 42.8 Å². The number of hydrogen-bond acceptors (Lipinski definition) is 2. The molecule has 0 unspecified atom stereocenters. The van der Waals surface area contributed by atoms with Crippen molar-refractivity contribution < 1.29 is 9.18 Å². The van der Waals surface area contributed by atoms with Crippen LogP contribution < -0.4 is 5.32 Å². The van der Waals surface area contributed by atoms with E-state index in [1.807, 2.05) is 6.92 Å². The van der Waals surface area contributed by atoms with Crippen molar-refractivity contribution in [3.05, 3.63) is 58.9 Å². The van der Waals surface area contributed by atoms with Gasteiger partial charge in [0.15, 0.2) is 0 Å². The average molecular weight is 324 g/mol. The zero-order valence-corrected chi connectivity index (χ0v) is 13.1. The molecular weight excluding hydrogens is 309 g/mol. The number of amides is 1. The molecule has 21 heavy (non-hydrogen) atoms. The maximum Gasteiger partial charge on any atom is 0.225 e. The Bertz CT molecular complexity index is 648. The van der Waals surface area contributed by atoms with E-state index in [4.69, 9.17) is 11.6 Å². The molecule has 0 atom stereocenters. The van der Waals surface area contributed by atoms with Crippen LogP contribution in [-0.2, 0) is 4.79 Å². The van der Waals surface area contributed by atoms with Gasteiger partial charge in [-0.2, -0.15) is 0 Å². The zero-order valence-electron chi connectivity index (χ0n) is 11.5. The smallest absolute Gasteiger partial charge is 0.225 e. The molecule has 0 radical (unpaired) electrons. The first-order valence-electron chi connectivity index (χ1n) is 6.49. The lowest BCUT2D eigenvalue weighted by Gasteiger charge is -2.08. The van der Waals surface area contributed by atoms with E-state index in [2.05, 4.69) is 5.32 Å². The second-order valence-electron chi connectivity index (χ2n) is 4.54. The van der Waals surface area contributed by atoms with Crippen molar-refractivity contribution in [2.75, 3.05) is 11.1 Å². The van der Waals surface area contributed by atoms with Gasteiger partial charge in [0.2, 0.25) is 5.91 Å². The second-order valence-corrected chi connectivity index (χ2v) is 6.11. The molecule has 2 aromatic rings. The number of nitrogens with one attached hydrogen (secondary N) is 1. The predicted octanol–water partition coefficient (Wildman–Crippen LogP) is 4.91. The van der Waals surface area contributed by atoms with Crippen LogP contribution in [-0.4, -0.2) is 11.7 Å². The highest BCUT2D eigenvalue weighted by Crippen LogP contribution is 2.23. The van der Waals surface area contributed by atoms with Gasteiger partial charge in [0.05, 0.1) is 0 Å². The van der Waals surface area contributed by atoms with Gasteiger partial charge in [-0.15, -0.1) is 11.8 Å². The van der Waals surface area contributed by atoms with Gasteiger partial charge in [0.25, 0.3) is 0 Å². The van der Waals surface area contributed by atoms with Crippen LogP contribution >= 0.6 is 23.4 Å². The van der Waals surface area contributed by atoms with Gasteiger partial charge < -0.3 is 5.32 Å². The van der Waals surface area contributed by atoms with Crippen LogP contribution in [0.5, 0.6) is 0 Å². The maximum atomic E-state index is 13.4. The number of halogens is 2. The predicted molar refractivity (Wildman–Crippen MR) is 86.6 cm³/mol. The van der Waals surface area contributed by atoms with Gasteiger partial charge in [-0.1, -0.05) is 23.7 Å². The van der Waals surface area contributed by atoms with Crippen LogP contribution in [0.25, 0.3) is 0 Å². The Balaban J connectivity index is 1.84. The Kier molecular flexibility index (Phi) is 5.65. The number of carbonyl (C=O) groups excluding carboxylic acids is 1. The largest absolute Gasteiger partial charge is 0.326 e. The SMILES string of the molecule is Cc1cc(Cl)ccc1NC(=O)CCSc1ccccc1F. The molecule has 0 aliphatic heterocycles. The summed E-state index contributed by atoms with van der Waals surface area (Å²) in [6, 6.07) is 11.9. The molecule has 0 heterocycles. The third kappa shape index (κ3) is 4.76. The monoisotopic (exact) mass is 323 g/mol. The second kappa shape index (κ2) is 7.48. The summed E-state index contributed by atoms with van der Waals surface area (Å²) in [5.41, 5.74) is 1.66. The van der Waals surface area contributed by atoms with Gasteiger partial charge in [-0.25, -0.2) is 4.39 Å². The summed E-state index contributed by atoms with van der Waals surface area (Å²) in [5, 5.41) is 3.47. The number of thioether (sulfide) groups is 1. The maximum absolute atomic E-state index is 13.4. The molecule has 2 nitrogen and oxygen atoms in total. The Labute approximate surface area is 132 Å². The molecule has 0 saturated heterocycles. The zero-order chi connectivity index (χ0) is 15.2. The van der Waals surface area contributed by atoms with Crippen molar-refractivity contribution in [2.24, 2.45) is 0 Å². The molecule has 110 valence electrons. The molecule has 1 amide bonds. The number of benzene rings is 2. The molecule has 0 aliphatic carbocycles. The summed E-state index contributed by atoms with van der Waals surface area (Å²) < 4.78 is 13.4. The van der Waals surface area contributed by atoms with E-state index in [0.717, 1.165) is 11.3 Å².